The van der Waals surface area contributed by atoms with Gasteiger partial charge < -0.3 is 15.2 Å². The van der Waals surface area contributed by atoms with Crippen LogP contribution >= 0.6 is 0 Å². The first-order chi connectivity index (χ1) is 6.29. The van der Waals surface area contributed by atoms with E-state index in [1.807, 2.05) is 18.2 Å². The van der Waals surface area contributed by atoms with Gasteiger partial charge in [-0.05, 0) is 30.2 Å². The van der Waals surface area contributed by atoms with E-state index in [1.54, 1.807) is 7.11 Å². The number of hydrogen-bond acceptors (Lipinski definition) is 3. The molecular weight excluding hydrogens is 166 g/mol. The monoisotopic (exact) mass is 179 g/mol. The molecule has 0 unspecified atom stereocenters. The average molecular weight is 179 g/mol. The van der Waals surface area contributed by atoms with Crippen molar-refractivity contribution in [3.8, 4) is 11.5 Å². The van der Waals surface area contributed by atoms with Crippen LogP contribution in [0.15, 0.2) is 18.2 Å². The standard InChI is InChI=1S/C10H13NO2/c1-12-9-2-3-10-7(5-9)4-8(11)6-13-10/h2-3,5,8H,4,6,11H2,1H3/t8-/m0/s1. The first-order valence-electron chi connectivity index (χ1n) is 4.35. The Morgan fingerprint density at radius 2 is 2.38 bits per heavy atom. The molecule has 1 aliphatic rings. The largest absolute Gasteiger partial charge is 0.497 e. The van der Waals surface area contributed by atoms with Crippen molar-refractivity contribution in [1.29, 1.82) is 0 Å². The van der Waals surface area contributed by atoms with Crippen LogP contribution in [0.3, 0.4) is 0 Å². The smallest absolute Gasteiger partial charge is 0.122 e. The van der Waals surface area contributed by atoms with Crippen molar-refractivity contribution >= 4 is 0 Å². The van der Waals surface area contributed by atoms with E-state index in [0.717, 1.165) is 23.5 Å². The van der Waals surface area contributed by atoms with Gasteiger partial charge in [0, 0.05) is 6.04 Å². The van der Waals surface area contributed by atoms with E-state index in [-0.39, 0.29) is 6.04 Å². The summed E-state index contributed by atoms with van der Waals surface area (Å²) in [6.07, 6.45) is 0.868. The third-order valence-corrected chi connectivity index (χ3v) is 2.20. The molecule has 3 heteroatoms. The highest BCUT2D eigenvalue weighted by atomic mass is 16.5. The number of hydrogen-bond donors (Lipinski definition) is 1. The molecule has 3 nitrogen and oxygen atoms in total. The maximum atomic E-state index is 5.78. The summed E-state index contributed by atoms with van der Waals surface area (Å²) in [5, 5.41) is 0. The molecule has 70 valence electrons. The molecule has 2 rings (SSSR count). The first kappa shape index (κ1) is 8.38. The maximum Gasteiger partial charge on any atom is 0.122 e. The van der Waals surface area contributed by atoms with E-state index < -0.39 is 0 Å². The summed E-state index contributed by atoms with van der Waals surface area (Å²) in [7, 11) is 1.66. The third kappa shape index (κ3) is 1.60. The fourth-order valence-electron chi connectivity index (χ4n) is 1.52. The van der Waals surface area contributed by atoms with Crippen LogP contribution in [-0.2, 0) is 6.42 Å². The Balaban J connectivity index is 2.32. The Morgan fingerprint density at radius 1 is 1.54 bits per heavy atom. The van der Waals surface area contributed by atoms with Crippen LogP contribution in [0, 0.1) is 0 Å². The predicted octanol–water partition coefficient (Wildman–Crippen LogP) is 0.957. The summed E-state index contributed by atoms with van der Waals surface area (Å²) in [5.74, 6) is 1.79. The molecule has 0 aromatic heterocycles. The van der Waals surface area contributed by atoms with E-state index in [1.165, 1.54) is 0 Å². The summed E-state index contributed by atoms with van der Waals surface area (Å²) in [6.45, 7) is 0.610. The van der Waals surface area contributed by atoms with Gasteiger partial charge in [-0.2, -0.15) is 0 Å². The number of benzene rings is 1. The van der Waals surface area contributed by atoms with Gasteiger partial charge >= 0.3 is 0 Å². The molecule has 0 radical (unpaired) electrons. The SMILES string of the molecule is COc1ccc2c(c1)C[C@H](N)CO2. The highest BCUT2D eigenvalue weighted by Gasteiger charge is 2.16. The summed E-state index contributed by atoms with van der Waals surface area (Å²) in [4.78, 5) is 0. The van der Waals surface area contributed by atoms with Crippen molar-refractivity contribution in [3.05, 3.63) is 23.8 Å². The molecule has 0 saturated heterocycles. The second kappa shape index (κ2) is 3.26. The van der Waals surface area contributed by atoms with Crippen molar-refractivity contribution in [2.24, 2.45) is 5.73 Å². The van der Waals surface area contributed by atoms with Crippen molar-refractivity contribution in [2.75, 3.05) is 13.7 Å². The maximum absolute atomic E-state index is 5.78. The van der Waals surface area contributed by atoms with Crippen LogP contribution in [0.1, 0.15) is 5.56 Å². The molecule has 1 heterocycles. The zero-order chi connectivity index (χ0) is 9.26. The number of nitrogens with two attached hydrogens (primary N) is 1. The number of fused-ring (bicyclic) bond motifs is 1. The minimum absolute atomic E-state index is 0.111. The Labute approximate surface area is 77.5 Å². The highest BCUT2D eigenvalue weighted by molar-refractivity contribution is 5.41. The highest BCUT2D eigenvalue weighted by Crippen LogP contribution is 2.27. The molecule has 0 bridgehead atoms. The number of methoxy groups -OCH3 is 1. The lowest BCUT2D eigenvalue weighted by molar-refractivity contribution is 0.262. The van der Waals surface area contributed by atoms with Gasteiger partial charge in [-0.3, -0.25) is 0 Å². The Bertz CT molecular complexity index is 312. The second-order valence-corrected chi connectivity index (χ2v) is 3.25. The molecule has 1 aromatic rings. The summed E-state index contributed by atoms with van der Waals surface area (Å²) < 4.78 is 10.6. The molecule has 1 atom stereocenters. The van der Waals surface area contributed by atoms with E-state index in [0.29, 0.717) is 6.61 Å². The van der Waals surface area contributed by atoms with Crippen LogP contribution in [0.4, 0.5) is 0 Å². The van der Waals surface area contributed by atoms with Gasteiger partial charge in [0.1, 0.15) is 18.1 Å². The molecule has 1 aliphatic heterocycles. The van der Waals surface area contributed by atoms with Gasteiger partial charge in [0.05, 0.1) is 7.11 Å². The quantitative estimate of drug-likeness (QED) is 0.698. The molecule has 0 amide bonds. The van der Waals surface area contributed by atoms with Gasteiger partial charge in [0.15, 0.2) is 0 Å². The first-order valence-corrected chi connectivity index (χ1v) is 4.35. The molecule has 2 N–H and O–H groups in total. The molecule has 1 aromatic carbocycles. The Hall–Kier alpha value is -1.22. The predicted molar refractivity (Wildman–Crippen MR) is 50.2 cm³/mol. The summed E-state index contributed by atoms with van der Waals surface area (Å²) >= 11 is 0. The fraction of sp³-hybridized carbons (Fsp3) is 0.400. The van der Waals surface area contributed by atoms with E-state index in [4.69, 9.17) is 15.2 Å². The number of ether oxygens (including phenoxy) is 2. The van der Waals surface area contributed by atoms with Gasteiger partial charge in [0.25, 0.3) is 0 Å². The van der Waals surface area contributed by atoms with Crippen LogP contribution in [0.5, 0.6) is 11.5 Å². The molecule has 0 aliphatic carbocycles. The lowest BCUT2D eigenvalue weighted by Gasteiger charge is -2.22. The van der Waals surface area contributed by atoms with E-state index in [9.17, 15) is 0 Å². The Kier molecular flexibility index (Phi) is 2.10. The van der Waals surface area contributed by atoms with Crippen LogP contribution < -0.4 is 15.2 Å². The average Bonchev–Trinajstić information content (AvgIpc) is 2.16. The molecular formula is C10H13NO2. The van der Waals surface area contributed by atoms with E-state index in [2.05, 4.69) is 0 Å². The minimum Gasteiger partial charge on any atom is -0.497 e. The molecule has 0 saturated carbocycles. The van der Waals surface area contributed by atoms with Crippen molar-refractivity contribution in [1.82, 2.24) is 0 Å². The molecule has 0 fully saturated rings. The number of rotatable bonds is 1. The topological polar surface area (TPSA) is 44.5 Å². The Morgan fingerprint density at radius 3 is 3.15 bits per heavy atom. The zero-order valence-electron chi connectivity index (χ0n) is 7.62. The van der Waals surface area contributed by atoms with Crippen LogP contribution in [0.25, 0.3) is 0 Å². The van der Waals surface area contributed by atoms with Gasteiger partial charge in [-0.15, -0.1) is 0 Å². The van der Waals surface area contributed by atoms with Crippen molar-refractivity contribution < 1.29 is 9.47 Å². The van der Waals surface area contributed by atoms with Crippen molar-refractivity contribution in [3.63, 3.8) is 0 Å². The summed E-state index contributed by atoms with van der Waals surface area (Å²) in [6, 6.07) is 5.92. The molecule has 0 spiro atoms. The van der Waals surface area contributed by atoms with Crippen LogP contribution in [0.2, 0.25) is 0 Å². The second-order valence-electron chi connectivity index (χ2n) is 3.25. The van der Waals surface area contributed by atoms with Crippen molar-refractivity contribution in [2.45, 2.75) is 12.5 Å². The van der Waals surface area contributed by atoms with Gasteiger partial charge in [0.2, 0.25) is 0 Å². The lowest BCUT2D eigenvalue weighted by Crippen LogP contribution is -2.33. The van der Waals surface area contributed by atoms with Crippen LogP contribution in [-0.4, -0.2) is 19.8 Å². The molecule has 13 heavy (non-hydrogen) atoms. The third-order valence-electron chi connectivity index (χ3n) is 2.20. The lowest BCUT2D eigenvalue weighted by atomic mass is 10.0. The minimum atomic E-state index is 0.111. The fourth-order valence-corrected chi connectivity index (χ4v) is 1.52. The van der Waals surface area contributed by atoms with E-state index >= 15 is 0 Å². The zero-order valence-corrected chi connectivity index (χ0v) is 7.62. The summed E-state index contributed by atoms with van der Waals surface area (Å²) in [5.41, 5.74) is 6.91. The van der Waals surface area contributed by atoms with Gasteiger partial charge in [-0.1, -0.05) is 0 Å². The normalized spacial score (nSPS) is 20.3. The van der Waals surface area contributed by atoms with Gasteiger partial charge in [-0.25, -0.2) is 0 Å².